The highest BCUT2D eigenvalue weighted by molar-refractivity contribution is 7.98. The Morgan fingerprint density at radius 1 is 1.41 bits per heavy atom. The molecule has 0 aliphatic carbocycles. The minimum Gasteiger partial charge on any atom is -0.326 e. The number of nitrogens with zero attached hydrogens (tertiary/aromatic N) is 1. The summed E-state index contributed by atoms with van der Waals surface area (Å²) in [5, 5.41) is 3.40. The number of unbranched alkanes of at least 4 members (excludes halogenated alkanes) is 2. The maximum atomic E-state index is 12.2. The fourth-order valence-corrected chi connectivity index (χ4v) is 2.84. The van der Waals surface area contributed by atoms with Crippen molar-refractivity contribution in [1.29, 1.82) is 0 Å². The Balaban J connectivity index is 2.36. The Labute approximate surface area is 110 Å². The summed E-state index contributed by atoms with van der Waals surface area (Å²) in [6.45, 7) is 7.07. The zero-order valence-corrected chi connectivity index (χ0v) is 12.4. The normalized spacial score (nSPS) is 29.1. The topological polar surface area (TPSA) is 32.3 Å². The first kappa shape index (κ1) is 14.8. The first-order chi connectivity index (χ1) is 8.05. The smallest absolute Gasteiger partial charge is 0.243 e. The van der Waals surface area contributed by atoms with Crippen molar-refractivity contribution in [3.63, 3.8) is 0 Å². The summed E-state index contributed by atoms with van der Waals surface area (Å²) in [6, 6.07) is 0. The molecule has 0 aromatic rings. The summed E-state index contributed by atoms with van der Waals surface area (Å²) in [6.07, 6.45) is 6.80. The van der Waals surface area contributed by atoms with Gasteiger partial charge in [0.1, 0.15) is 0 Å². The fraction of sp³-hybridized carbons (Fsp3) is 0.923. The van der Waals surface area contributed by atoms with Gasteiger partial charge in [0.15, 0.2) is 0 Å². The predicted molar refractivity (Wildman–Crippen MR) is 75.2 cm³/mol. The predicted octanol–water partition coefficient (Wildman–Crippen LogP) is 2.47. The Morgan fingerprint density at radius 3 is 2.65 bits per heavy atom. The number of nitrogens with one attached hydrogen (secondary N) is 1. The molecule has 0 saturated carbocycles. The zero-order chi connectivity index (χ0) is 12.9. The fourth-order valence-electron chi connectivity index (χ4n) is 2.35. The van der Waals surface area contributed by atoms with Crippen molar-refractivity contribution in [1.82, 2.24) is 10.2 Å². The Hall–Kier alpha value is -0.220. The second kappa shape index (κ2) is 6.64. The molecule has 1 saturated heterocycles. The van der Waals surface area contributed by atoms with Crippen molar-refractivity contribution in [3.8, 4) is 0 Å². The maximum absolute atomic E-state index is 12.2. The number of hydrogen-bond donors (Lipinski definition) is 1. The highest BCUT2D eigenvalue weighted by Crippen LogP contribution is 2.23. The monoisotopic (exact) mass is 258 g/mol. The van der Waals surface area contributed by atoms with Gasteiger partial charge in [0.05, 0.1) is 11.7 Å². The number of carbonyl (C=O) groups is 1. The third-order valence-corrected chi connectivity index (χ3v) is 4.38. The first-order valence-corrected chi connectivity index (χ1v) is 8.02. The molecule has 1 rings (SSSR count). The molecule has 1 aliphatic rings. The van der Waals surface area contributed by atoms with Crippen LogP contribution in [0.15, 0.2) is 0 Å². The molecule has 0 bridgehead atoms. The molecule has 1 amide bonds. The standard InChI is InChI=1S/C13H26N2OS/c1-5-13(3)12(16)15(11(2)14-13)9-7-6-8-10-17-4/h11,14H,5-10H2,1-4H3. The van der Waals surface area contributed by atoms with Crippen molar-refractivity contribution >= 4 is 17.7 Å². The van der Waals surface area contributed by atoms with E-state index in [0.717, 1.165) is 19.4 Å². The molecule has 4 heteroatoms. The van der Waals surface area contributed by atoms with Gasteiger partial charge in [-0.1, -0.05) is 13.3 Å². The van der Waals surface area contributed by atoms with Gasteiger partial charge in [-0.05, 0) is 45.1 Å². The van der Waals surface area contributed by atoms with Crippen molar-refractivity contribution in [3.05, 3.63) is 0 Å². The molecule has 1 fully saturated rings. The van der Waals surface area contributed by atoms with Crippen molar-refractivity contribution in [2.45, 2.75) is 58.2 Å². The van der Waals surface area contributed by atoms with Crippen molar-refractivity contribution in [2.75, 3.05) is 18.6 Å². The molecule has 0 aromatic heterocycles. The van der Waals surface area contributed by atoms with E-state index in [0.29, 0.717) is 0 Å². The van der Waals surface area contributed by atoms with E-state index in [-0.39, 0.29) is 17.6 Å². The summed E-state index contributed by atoms with van der Waals surface area (Å²) >= 11 is 1.90. The van der Waals surface area contributed by atoms with Gasteiger partial charge in [-0.15, -0.1) is 0 Å². The van der Waals surface area contributed by atoms with E-state index in [1.165, 1.54) is 18.6 Å². The third-order valence-electron chi connectivity index (χ3n) is 3.68. The summed E-state index contributed by atoms with van der Waals surface area (Å²) in [5.74, 6) is 1.51. The Kier molecular flexibility index (Phi) is 5.80. The van der Waals surface area contributed by atoms with Crippen LogP contribution in [0.3, 0.4) is 0 Å². The van der Waals surface area contributed by atoms with Crippen LogP contribution < -0.4 is 5.32 Å². The number of rotatable bonds is 7. The van der Waals surface area contributed by atoms with Gasteiger partial charge in [0, 0.05) is 6.54 Å². The quantitative estimate of drug-likeness (QED) is 0.712. The van der Waals surface area contributed by atoms with Crippen LogP contribution in [0, 0.1) is 0 Å². The lowest BCUT2D eigenvalue weighted by Crippen LogP contribution is -2.43. The number of hydrogen-bond acceptors (Lipinski definition) is 3. The van der Waals surface area contributed by atoms with Crippen molar-refractivity contribution in [2.24, 2.45) is 0 Å². The molecule has 17 heavy (non-hydrogen) atoms. The van der Waals surface area contributed by atoms with Gasteiger partial charge in [-0.2, -0.15) is 11.8 Å². The molecular weight excluding hydrogens is 232 g/mol. The number of thioether (sulfide) groups is 1. The van der Waals surface area contributed by atoms with Gasteiger partial charge in [0.2, 0.25) is 5.91 Å². The van der Waals surface area contributed by atoms with Crippen LogP contribution >= 0.6 is 11.8 Å². The van der Waals surface area contributed by atoms with Crippen LogP contribution in [0.2, 0.25) is 0 Å². The average Bonchev–Trinajstić information content (AvgIpc) is 2.52. The van der Waals surface area contributed by atoms with Crippen LogP contribution in [-0.4, -0.2) is 41.1 Å². The number of carbonyl (C=O) groups excluding carboxylic acids is 1. The Morgan fingerprint density at radius 2 is 2.12 bits per heavy atom. The lowest BCUT2D eigenvalue weighted by Gasteiger charge is -2.21. The SMILES string of the molecule is CCC1(C)NC(C)N(CCCCCSC)C1=O. The average molecular weight is 258 g/mol. The van der Waals surface area contributed by atoms with E-state index in [2.05, 4.69) is 25.4 Å². The molecule has 1 N–H and O–H groups in total. The second-order valence-corrected chi connectivity index (χ2v) is 6.04. The largest absolute Gasteiger partial charge is 0.326 e. The first-order valence-electron chi connectivity index (χ1n) is 6.63. The zero-order valence-electron chi connectivity index (χ0n) is 11.6. The minimum absolute atomic E-state index is 0.188. The van der Waals surface area contributed by atoms with E-state index >= 15 is 0 Å². The highest BCUT2D eigenvalue weighted by atomic mass is 32.2. The van der Waals surface area contributed by atoms with E-state index in [1.807, 2.05) is 23.6 Å². The molecule has 100 valence electrons. The molecule has 2 unspecified atom stereocenters. The van der Waals surface area contributed by atoms with E-state index < -0.39 is 0 Å². The van der Waals surface area contributed by atoms with Crippen molar-refractivity contribution < 1.29 is 4.79 Å². The molecule has 0 spiro atoms. The number of amides is 1. The van der Waals surface area contributed by atoms with Crippen LogP contribution in [0.1, 0.15) is 46.5 Å². The van der Waals surface area contributed by atoms with Gasteiger partial charge < -0.3 is 4.90 Å². The maximum Gasteiger partial charge on any atom is 0.243 e. The van der Waals surface area contributed by atoms with Crippen LogP contribution in [0.25, 0.3) is 0 Å². The lowest BCUT2D eigenvalue weighted by molar-refractivity contribution is -0.132. The van der Waals surface area contributed by atoms with Crippen LogP contribution in [0.5, 0.6) is 0 Å². The second-order valence-electron chi connectivity index (χ2n) is 5.06. The Bertz CT molecular complexity index is 260. The molecule has 1 aliphatic heterocycles. The van der Waals surface area contributed by atoms with E-state index in [4.69, 9.17) is 0 Å². The van der Waals surface area contributed by atoms with Crippen LogP contribution in [-0.2, 0) is 4.79 Å². The molecule has 3 nitrogen and oxygen atoms in total. The molecular formula is C13H26N2OS. The molecule has 0 aromatic carbocycles. The van der Waals surface area contributed by atoms with Gasteiger partial charge in [0.25, 0.3) is 0 Å². The van der Waals surface area contributed by atoms with Gasteiger partial charge in [-0.25, -0.2) is 0 Å². The van der Waals surface area contributed by atoms with Gasteiger partial charge in [-0.3, -0.25) is 10.1 Å². The summed E-state index contributed by atoms with van der Waals surface area (Å²) in [5.41, 5.74) is -0.335. The van der Waals surface area contributed by atoms with Crippen LogP contribution in [0.4, 0.5) is 0 Å². The summed E-state index contributed by atoms with van der Waals surface area (Å²) in [7, 11) is 0. The molecule has 0 radical (unpaired) electrons. The van der Waals surface area contributed by atoms with Gasteiger partial charge >= 0.3 is 0 Å². The summed E-state index contributed by atoms with van der Waals surface area (Å²) < 4.78 is 0. The highest BCUT2D eigenvalue weighted by Gasteiger charge is 2.44. The minimum atomic E-state index is -0.335. The van der Waals surface area contributed by atoms with E-state index in [9.17, 15) is 4.79 Å². The lowest BCUT2D eigenvalue weighted by atomic mass is 9.99. The molecule has 1 heterocycles. The van der Waals surface area contributed by atoms with E-state index in [1.54, 1.807) is 0 Å². The summed E-state index contributed by atoms with van der Waals surface area (Å²) in [4.78, 5) is 14.3. The molecule has 2 atom stereocenters. The third kappa shape index (κ3) is 3.62.